The topological polar surface area (TPSA) is 3.24 Å². The zero-order chi connectivity index (χ0) is 12.2. The fourth-order valence-electron chi connectivity index (χ4n) is 0.742. The Morgan fingerprint density at radius 1 is 1.13 bits per heavy atom. The van der Waals surface area contributed by atoms with Gasteiger partial charge in [0.05, 0.1) is 0 Å². The summed E-state index contributed by atoms with van der Waals surface area (Å²) >= 11 is 0. The van der Waals surface area contributed by atoms with Gasteiger partial charge < -0.3 is 4.90 Å². The van der Waals surface area contributed by atoms with E-state index in [1.165, 1.54) is 0 Å². The van der Waals surface area contributed by atoms with Crippen LogP contribution < -0.4 is 0 Å². The van der Waals surface area contributed by atoms with Gasteiger partial charge in [-0.1, -0.05) is 12.2 Å². The van der Waals surface area contributed by atoms with Crippen molar-refractivity contribution >= 4 is 7.81 Å². The van der Waals surface area contributed by atoms with Crippen LogP contribution in [-0.4, -0.2) is 18.0 Å². The first-order valence-electron chi connectivity index (χ1n) is 4.02. The molecule has 0 radical (unpaired) electrons. The Hall–Kier alpha value is -0.710. The van der Waals surface area contributed by atoms with Gasteiger partial charge in [0.2, 0.25) is 0 Å². The van der Waals surface area contributed by atoms with Crippen molar-refractivity contribution in [2.45, 2.75) is 6.92 Å². The number of likely N-dealkylation sites (N-methyl/N-ethyl adjacent to an activating group) is 1. The van der Waals surface area contributed by atoms with Gasteiger partial charge in [-0.15, -0.1) is 0 Å². The molecule has 1 rings (SSSR count). The molecule has 0 aromatic carbocycles. The van der Waals surface area contributed by atoms with Crippen molar-refractivity contribution in [2.75, 3.05) is 13.1 Å². The van der Waals surface area contributed by atoms with Crippen molar-refractivity contribution in [1.29, 1.82) is 0 Å². The summed E-state index contributed by atoms with van der Waals surface area (Å²) < 4.78 is 59.2. The number of hydrogen-bond acceptors (Lipinski definition) is 1. The van der Waals surface area contributed by atoms with Crippen LogP contribution in [0.15, 0.2) is 24.4 Å². The van der Waals surface area contributed by atoms with Gasteiger partial charge >= 0.3 is 34.4 Å². The monoisotopic (exact) mass is 255 g/mol. The molecular formula is C7H12F6NP. The van der Waals surface area contributed by atoms with Crippen molar-refractivity contribution in [3.05, 3.63) is 24.4 Å². The van der Waals surface area contributed by atoms with Crippen LogP contribution in [0.5, 0.6) is 0 Å². The van der Waals surface area contributed by atoms with Gasteiger partial charge in [-0.3, -0.25) is 0 Å². The molecule has 0 aromatic rings. The number of halogens is 6. The predicted molar refractivity (Wildman–Crippen MR) is 50.2 cm³/mol. The molecule has 0 N–H and O–H groups in total. The van der Waals surface area contributed by atoms with Crippen LogP contribution in [-0.2, 0) is 0 Å². The molecule has 15 heavy (non-hydrogen) atoms. The van der Waals surface area contributed by atoms with Crippen molar-refractivity contribution in [3.8, 4) is 0 Å². The minimum atomic E-state index is -10.7. The molecule has 0 aromatic heterocycles. The van der Waals surface area contributed by atoms with E-state index in [1.807, 2.05) is 0 Å². The first-order valence-corrected chi connectivity index (χ1v) is 6.05. The van der Waals surface area contributed by atoms with Crippen molar-refractivity contribution in [2.24, 2.45) is 0 Å². The third-order valence-electron chi connectivity index (χ3n) is 1.29. The summed E-state index contributed by atoms with van der Waals surface area (Å²) in [5.41, 5.74) is 0. The second-order valence-corrected chi connectivity index (χ2v) is 4.73. The molecule has 0 bridgehead atoms. The smallest absolute Gasteiger partial charge is 1.00 e. The summed E-state index contributed by atoms with van der Waals surface area (Å²) in [6.45, 7) is 4.34. The van der Waals surface area contributed by atoms with Gasteiger partial charge in [0, 0.05) is 13.1 Å². The summed E-state index contributed by atoms with van der Waals surface area (Å²) in [5.74, 6) is 0. The summed E-state index contributed by atoms with van der Waals surface area (Å²) in [5, 5.41) is 0. The van der Waals surface area contributed by atoms with E-state index in [0.29, 0.717) is 0 Å². The Bertz CT molecular complexity index is 257. The van der Waals surface area contributed by atoms with E-state index < -0.39 is 7.81 Å². The van der Waals surface area contributed by atoms with Crippen LogP contribution >= 0.6 is 7.81 Å². The van der Waals surface area contributed by atoms with E-state index in [1.54, 1.807) is 0 Å². The Morgan fingerprint density at radius 2 is 1.60 bits per heavy atom. The summed E-state index contributed by atoms with van der Waals surface area (Å²) in [6, 6.07) is 0. The molecule has 0 aliphatic carbocycles. The van der Waals surface area contributed by atoms with Crippen LogP contribution in [0.1, 0.15) is 8.35 Å². The maximum Gasteiger partial charge on any atom is 1.00 e. The maximum atomic E-state index is 9.87. The van der Waals surface area contributed by atoms with Crippen LogP contribution in [0, 0.1) is 0 Å². The average Bonchev–Trinajstić information content (AvgIpc) is 2.00. The first kappa shape index (κ1) is 14.3. The van der Waals surface area contributed by atoms with E-state index >= 15 is 0 Å². The van der Waals surface area contributed by atoms with E-state index in [4.69, 9.17) is 0 Å². The van der Waals surface area contributed by atoms with Gasteiger partial charge in [-0.25, -0.2) is 0 Å². The SMILES string of the molecule is CCN1C=CC=CC1.F[P-](F)(F)(F)(F)F.[H+]. The van der Waals surface area contributed by atoms with Crippen LogP contribution in [0.4, 0.5) is 25.2 Å². The van der Waals surface area contributed by atoms with Crippen LogP contribution in [0.3, 0.4) is 0 Å². The molecule has 1 nitrogen and oxygen atoms in total. The largest absolute Gasteiger partial charge is 1.00 e. The molecule has 1 aliphatic heterocycles. The van der Waals surface area contributed by atoms with E-state index in [-0.39, 0.29) is 1.43 Å². The molecule has 0 fully saturated rings. The molecule has 0 atom stereocenters. The Morgan fingerprint density at radius 3 is 1.80 bits per heavy atom. The average molecular weight is 255 g/mol. The molecule has 1 heterocycles. The summed E-state index contributed by atoms with van der Waals surface area (Å²) in [7, 11) is -10.7. The maximum absolute atomic E-state index is 10.7. The molecule has 0 saturated heterocycles. The zero-order valence-electron chi connectivity index (χ0n) is 8.89. The van der Waals surface area contributed by atoms with Crippen LogP contribution in [0.2, 0.25) is 0 Å². The molecule has 0 amide bonds. The summed E-state index contributed by atoms with van der Waals surface area (Å²) in [6.07, 6.45) is 8.41. The normalized spacial score (nSPS) is 20.1. The number of allylic oxidation sites excluding steroid dienone is 2. The third kappa shape index (κ3) is 19.6. The van der Waals surface area contributed by atoms with Gasteiger partial charge in [0.25, 0.3) is 0 Å². The van der Waals surface area contributed by atoms with Gasteiger partial charge in [0.1, 0.15) is 0 Å². The number of rotatable bonds is 1. The Balaban J connectivity index is 0. The quantitative estimate of drug-likeness (QED) is 0.476. The van der Waals surface area contributed by atoms with Crippen molar-refractivity contribution < 1.29 is 26.6 Å². The zero-order valence-corrected chi connectivity index (χ0v) is 8.78. The van der Waals surface area contributed by atoms with Gasteiger partial charge in [-0.05, 0) is 19.2 Å². The molecule has 1 aliphatic rings. The third-order valence-corrected chi connectivity index (χ3v) is 1.29. The molecule has 0 spiro atoms. The minimum Gasteiger partial charge on any atom is 1.00 e. The number of nitrogens with zero attached hydrogens (tertiary/aromatic N) is 1. The second-order valence-electron chi connectivity index (χ2n) is 2.82. The standard InChI is InChI=1S/C7H11N.F6P/c1-2-8-6-4-3-5-7-8;1-7(2,3,4,5)6/h3-6H,2,7H2,1H3;/q;-1/p+1. The second kappa shape index (κ2) is 3.70. The fraction of sp³-hybridized carbons (Fsp3) is 0.429. The summed E-state index contributed by atoms with van der Waals surface area (Å²) in [4.78, 5) is 2.25. The van der Waals surface area contributed by atoms with E-state index in [9.17, 15) is 25.2 Å². The minimum absolute atomic E-state index is 0. The molecular weight excluding hydrogens is 243 g/mol. The van der Waals surface area contributed by atoms with Crippen molar-refractivity contribution in [3.63, 3.8) is 0 Å². The Labute approximate surface area is 84.8 Å². The van der Waals surface area contributed by atoms with E-state index in [0.717, 1.165) is 13.1 Å². The Kier molecular flexibility index (Phi) is 3.53. The molecule has 0 unspecified atom stereocenters. The first-order chi connectivity index (χ1) is 6.38. The van der Waals surface area contributed by atoms with Gasteiger partial charge in [0.15, 0.2) is 0 Å². The molecule has 92 valence electrons. The molecule has 8 heteroatoms. The van der Waals surface area contributed by atoms with Gasteiger partial charge in [-0.2, -0.15) is 0 Å². The van der Waals surface area contributed by atoms with Crippen LogP contribution in [0.25, 0.3) is 0 Å². The number of hydrogen-bond donors (Lipinski definition) is 0. The fourth-order valence-corrected chi connectivity index (χ4v) is 0.742. The van der Waals surface area contributed by atoms with Crippen molar-refractivity contribution in [1.82, 2.24) is 4.90 Å². The predicted octanol–water partition coefficient (Wildman–Crippen LogP) is 4.89. The van der Waals surface area contributed by atoms with E-state index in [2.05, 4.69) is 36.3 Å². The molecule has 0 saturated carbocycles.